The van der Waals surface area contributed by atoms with E-state index in [-0.39, 0.29) is 6.10 Å². The molecule has 0 atom stereocenters. The first kappa shape index (κ1) is 18.7. The van der Waals surface area contributed by atoms with Gasteiger partial charge < -0.3 is 9.47 Å². The molecule has 0 aliphatic heterocycles. The van der Waals surface area contributed by atoms with Crippen molar-refractivity contribution in [3.05, 3.63) is 12.2 Å². The molecular formula is C18H30O4. The monoisotopic (exact) mass is 310 g/mol. The molecular weight excluding hydrogens is 280 g/mol. The molecule has 1 saturated carbocycles. The van der Waals surface area contributed by atoms with E-state index in [1.165, 1.54) is 38.5 Å². The maximum absolute atomic E-state index is 11.4. The molecule has 0 amide bonds. The normalized spacial score (nSPS) is 14.8. The molecule has 0 heterocycles. The second-order valence-electron chi connectivity index (χ2n) is 5.97. The molecule has 0 saturated heterocycles. The van der Waals surface area contributed by atoms with Crippen LogP contribution in [0.5, 0.6) is 0 Å². The number of unbranched alkanes of at least 4 members (excludes halogenated alkanes) is 7. The zero-order chi connectivity index (χ0) is 16.0. The Hall–Kier alpha value is -1.32. The first-order valence-corrected chi connectivity index (χ1v) is 8.78. The van der Waals surface area contributed by atoms with E-state index >= 15 is 0 Å². The highest BCUT2D eigenvalue weighted by Gasteiger charge is 2.20. The summed E-state index contributed by atoms with van der Waals surface area (Å²) in [5, 5.41) is 0. The highest BCUT2D eigenvalue weighted by molar-refractivity contribution is 5.91. The van der Waals surface area contributed by atoms with E-state index in [0.29, 0.717) is 6.61 Å². The lowest BCUT2D eigenvalue weighted by molar-refractivity contribution is -0.147. The maximum Gasteiger partial charge on any atom is 0.331 e. The van der Waals surface area contributed by atoms with E-state index in [4.69, 9.17) is 9.47 Å². The number of esters is 2. The van der Waals surface area contributed by atoms with Crippen LogP contribution in [0.2, 0.25) is 0 Å². The van der Waals surface area contributed by atoms with Crippen molar-refractivity contribution in [2.24, 2.45) is 0 Å². The Balaban J connectivity index is 1.91. The standard InChI is InChI=1S/C18H30O4/c1-2-3-4-5-6-7-8-9-15-21-17(19)13-14-18(20)22-16-11-10-12-16/h13-14,16H,2-12,15H2,1H3/b14-13+. The first-order chi connectivity index (χ1) is 10.7. The SMILES string of the molecule is CCCCCCCCCCOC(=O)/C=C/C(=O)OC1CCC1. The second kappa shape index (κ2) is 12.2. The van der Waals surface area contributed by atoms with Crippen LogP contribution in [0, 0.1) is 0 Å². The van der Waals surface area contributed by atoms with E-state index in [1.54, 1.807) is 0 Å². The Bertz CT molecular complexity index is 345. The molecule has 0 radical (unpaired) electrons. The lowest BCUT2D eigenvalue weighted by atomic mass is 9.96. The molecule has 1 rings (SSSR count). The smallest absolute Gasteiger partial charge is 0.331 e. The molecule has 22 heavy (non-hydrogen) atoms. The first-order valence-electron chi connectivity index (χ1n) is 8.78. The molecule has 1 aliphatic rings. The molecule has 0 spiro atoms. The van der Waals surface area contributed by atoms with E-state index < -0.39 is 11.9 Å². The van der Waals surface area contributed by atoms with Crippen molar-refractivity contribution in [1.29, 1.82) is 0 Å². The van der Waals surface area contributed by atoms with E-state index in [1.807, 2.05) is 0 Å². The predicted octanol–water partition coefficient (Wildman–Crippen LogP) is 4.32. The summed E-state index contributed by atoms with van der Waals surface area (Å²) in [5.41, 5.74) is 0. The lowest BCUT2D eigenvalue weighted by Gasteiger charge is -2.24. The minimum absolute atomic E-state index is 0.0468. The van der Waals surface area contributed by atoms with Gasteiger partial charge in [0.2, 0.25) is 0 Å². The molecule has 0 bridgehead atoms. The van der Waals surface area contributed by atoms with Crippen molar-refractivity contribution in [2.45, 2.75) is 83.7 Å². The van der Waals surface area contributed by atoms with Crippen molar-refractivity contribution < 1.29 is 19.1 Å². The molecule has 0 unspecified atom stereocenters. The molecule has 1 fully saturated rings. The van der Waals surface area contributed by atoms with Crippen LogP contribution in [0.1, 0.15) is 77.6 Å². The Morgan fingerprint density at radius 2 is 1.50 bits per heavy atom. The highest BCUT2D eigenvalue weighted by Crippen LogP contribution is 2.21. The molecule has 0 aromatic heterocycles. The Labute approximate surface area is 134 Å². The van der Waals surface area contributed by atoms with Gasteiger partial charge in [-0.25, -0.2) is 9.59 Å². The largest absolute Gasteiger partial charge is 0.463 e. The van der Waals surface area contributed by atoms with Crippen LogP contribution in [0.3, 0.4) is 0 Å². The van der Waals surface area contributed by atoms with Gasteiger partial charge in [-0.15, -0.1) is 0 Å². The molecule has 0 aromatic carbocycles. The topological polar surface area (TPSA) is 52.6 Å². The number of carbonyl (C=O) groups is 2. The van der Waals surface area contributed by atoms with Gasteiger partial charge in [0.25, 0.3) is 0 Å². The van der Waals surface area contributed by atoms with Gasteiger partial charge in [0, 0.05) is 12.2 Å². The van der Waals surface area contributed by atoms with E-state index in [2.05, 4.69) is 6.92 Å². The number of hydrogen-bond donors (Lipinski definition) is 0. The molecule has 4 heteroatoms. The summed E-state index contributed by atoms with van der Waals surface area (Å²) in [7, 11) is 0. The second-order valence-corrected chi connectivity index (χ2v) is 5.97. The van der Waals surface area contributed by atoms with Crippen molar-refractivity contribution in [2.75, 3.05) is 6.61 Å². The van der Waals surface area contributed by atoms with Gasteiger partial charge in [-0.3, -0.25) is 0 Å². The Morgan fingerprint density at radius 3 is 2.09 bits per heavy atom. The number of hydrogen-bond acceptors (Lipinski definition) is 4. The molecule has 4 nitrogen and oxygen atoms in total. The zero-order valence-corrected chi connectivity index (χ0v) is 13.9. The fraction of sp³-hybridized carbons (Fsp3) is 0.778. The third kappa shape index (κ3) is 9.59. The lowest BCUT2D eigenvalue weighted by Crippen LogP contribution is -2.24. The van der Waals surface area contributed by atoms with Crippen LogP contribution in [0.15, 0.2) is 12.2 Å². The van der Waals surface area contributed by atoms with E-state index in [9.17, 15) is 9.59 Å². The van der Waals surface area contributed by atoms with Crippen molar-refractivity contribution in [3.8, 4) is 0 Å². The van der Waals surface area contributed by atoms with Crippen LogP contribution in [-0.2, 0) is 19.1 Å². The average molecular weight is 310 g/mol. The highest BCUT2D eigenvalue weighted by atomic mass is 16.5. The van der Waals surface area contributed by atoms with Gasteiger partial charge in [-0.05, 0) is 25.7 Å². The van der Waals surface area contributed by atoms with Gasteiger partial charge in [0.05, 0.1) is 6.61 Å². The number of carbonyl (C=O) groups excluding carboxylic acids is 2. The van der Waals surface area contributed by atoms with Gasteiger partial charge in [0.1, 0.15) is 6.10 Å². The molecule has 0 N–H and O–H groups in total. The molecule has 0 aromatic rings. The summed E-state index contributed by atoms with van der Waals surface area (Å²) in [4.78, 5) is 22.8. The maximum atomic E-state index is 11.4. The van der Waals surface area contributed by atoms with Crippen LogP contribution >= 0.6 is 0 Å². The quantitative estimate of drug-likeness (QED) is 0.306. The molecule has 1 aliphatic carbocycles. The van der Waals surface area contributed by atoms with Gasteiger partial charge in [-0.2, -0.15) is 0 Å². The van der Waals surface area contributed by atoms with Crippen molar-refractivity contribution in [3.63, 3.8) is 0 Å². The summed E-state index contributed by atoms with van der Waals surface area (Å²) in [6.07, 6.45) is 15.0. The van der Waals surface area contributed by atoms with E-state index in [0.717, 1.165) is 44.3 Å². The summed E-state index contributed by atoms with van der Waals surface area (Å²) >= 11 is 0. The van der Waals surface area contributed by atoms with Crippen LogP contribution in [0.25, 0.3) is 0 Å². The number of rotatable bonds is 12. The summed E-state index contributed by atoms with van der Waals surface area (Å²) in [6.45, 7) is 2.64. The van der Waals surface area contributed by atoms with Gasteiger partial charge in [0.15, 0.2) is 0 Å². The van der Waals surface area contributed by atoms with Gasteiger partial charge in [-0.1, -0.05) is 51.9 Å². The van der Waals surface area contributed by atoms with Crippen LogP contribution in [-0.4, -0.2) is 24.6 Å². The van der Waals surface area contributed by atoms with Crippen LogP contribution < -0.4 is 0 Å². The average Bonchev–Trinajstić information content (AvgIpc) is 2.47. The summed E-state index contributed by atoms with van der Waals surface area (Å²) in [5.74, 6) is -0.915. The summed E-state index contributed by atoms with van der Waals surface area (Å²) < 4.78 is 10.2. The third-order valence-electron chi connectivity index (χ3n) is 3.93. The minimum Gasteiger partial charge on any atom is -0.463 e. The third-order valence-corrected chi connectivity index (χ3v) is 3.93. The van der Waals surface area contributed by atoms with Crippen LogP contribution in [0.4, 0.5) is 0 Å². The Morgan fingerprint density at radius 1 is 0.909 bits per heavy atom. The van der Waals surface area contributed by atoms with Crippen molar-refractivity contribution >= 4 is 11.9 Å². The Kier molecular flexibility index (Phi) is 10.4. The number of ether oxygens (including phenoxy) is 2. The fourth-order valence-corrected chi connectivity index (χ4v) is 2.29. The minimum atomic E-state index is -0.464. The predicted molar refractivity (Wildman–Crippen MR) is 86.4 cm³/mol. The molecule has 126 valence electrons. The zero-order valence-electron chi connectivity index (χ0n) is 13.9. The van der Waals surface area contributed by atoms with Gasteiger partial charge >= 0.3 is 11.9 Å². The van der Waals surface area contributed by atoms with Crippen molar-refractivity contribution in [1.82, 2.24) is 0 Å². The fourth-order valence-electron chi connectivity index (χ4n) is 2.29. The summed E-state index contributed by atoms with van der Waals surface area (Å²) in [6, 6.07) is 0.